The number of alkyl halides is 1. The Kier molecular flexibility index (Phi) is 8.09. The Labute approximate surface area is 171 Å². The largest absolute Gasteiger partial charge is 0.301 e. The second kappa shape index (κ2) is 10.8. The molecule has 152 valence electrons. The van der Waals surface area contributed by atoms with Crippen LogP contribution < -0.4 is 0 Å². The van der Waals surface area contributed by atoms with E-state index < -0.39 is 6.17 Å². The summed E-state index contributed by atoms with van der Waals surface area (Å²) in [6, 6.07) is 20.1. The summed E-state index contributed by atoms with van der Waals surface area (Å²) in [5, 5.41) is 0. The first-order valence-electron chi connectivity index (χ1n) is 11.1. The van der Waals surface area contributed by atoms with Crippen molar-refractivity contribution in [2.24, 2.45) is 0 Å². The molecule has 1 aliphatic rings. The topological polar surface area (TPSA) is 3.24 Å². The molecule has 0 saturated heterocycles. The molecule has 2 aromatic carbocycles. The van der Waals surface area contributed by atoms with E-state index in [-0.39, 0.29) is 5.92 Å². The molecule has 2 unspecified atom stereocenters. The number of hydrogen-bond acceptors (Lipinski definition) is 1. The molecule has 0 amide bonds. The average molecular weight is 382 g/mol. The highest BCUT2D eigenvalue weighted by atomic mass is 19.1. The number of nitrogens with zero attached hydrogens (tertiary/aromatic N) is 1. The van der Waals surface area contributed by atoms with Crippen LogP contribution in [0.15, 0.2) is 54.6 Å². The number of hydrogen-bond donors (Lipinski definition) is 0. The summed E-state index contributed by atoms with van der Waals surface area (Å²) in [6.07, 6.45) is 6.68. The highest BCUT2D eigenvalue weighted by molar-refractivity contribution is 5.26. The molecule has 1 saturated carbocycles. The average Bonchev–Trinajstić information content (AvgIpc) is 2.72. The molecule has 2 aromatic rings. The van der Waals surface area contributed by atoms with Crippen molar-refractivity contribution in [2.75, 3.05) is 13.1 Å². The summed E-state index contributed by atoms with van der Waals surface area (Å²) in [5.74, 6) is 0.122. The van der Waals surface area contributed by atoms with E-state index >= 15 is 0 Å². The molecular formula is C26H36FN. The van der Waals surface area contributed by atoms with Gasteiger partial charge in [-0.2, -0.15) is 0 Å². The van der Waals surface area contributed by atoms with Gasteiger partial charge in [0.2, 0.25) is 0 Å². The molecule has 1 nitrogen and oxygen atoms in total. The predicted molar refractivity (Wildman–Crippen MR) is 118 cm³/mol. The van der Waals surface area contributed by atoms with Crippen LogP contribution in [0.1, 0.15) is 68.6 Å². The Hall–Kier alpha value is -1.67. The third kappa shape index (κ3) is 6.17. The lowest BCUT2D eigenvalue weighted by Gasteiger charge is -2.27. The van der Waals surface area contributed by atoms with Crippen molar-refractivity contribution in [3.8, 4) is 0 Å². The van der Waals surface area contributed by atoms with Crippen molar-refractivity contribution in [3.05, 3.63) is 71.3 Å². The van der Waals surface area contributed by atoms with E-state index in [9.17, 15) is 4.39 Å². The van der Waals surface area contributed by atoms with Crippen molar-refractivity contribution in [3.63, 3.8) is 0 Å². The minimum Gasteiger partial charge on any atom is -0.301 e. The molecule has 0 N–H and O–H groups in total. The van der Waals surface area contributed by atoms with Crippen LogP contribution in [0.25, 0.3) is 0 Å². The number of halogens is 1. The van der Waals surface area contributed by atoms with Crippen LogP contribution in [-0.4, -0.2) is 30.2 Å². The summed E-state index contributed by atoms with van der Waals surface area (Å²) < 4.78 is 14.2. The Morgan fingerprint density at radius 2 is 1.54 bits per heavy atom. The quantitative estimate of drug-likeness (QED) is 0.475. The van der Waals surface area contributed by atoms with Crippen LogP contribution >= 0.6 is 0 Å². The summed E-state index contributed by atoms with van der Waals surface area (Å²) in [7, 11) is 0. The van der Waals surface area contributed by atoms with Crippen molar-refractivity contribution < 1.29 is 4.39 Å². The molecule has 0 aromatic heterocycles. The van der Waals surface area contributed by atoms with E-state index in [1.165, 1.54) is 29.5 Å². The monoisotopic (exact) mass is 381 g/mol. The molecule has 2 heteroatoms. The number of aryl methyl sites for hydroxylation is 1. The van der Waals surface area contributed by atoms with Crippen molar-refractivity contribution >= 4 is 0 Å². The lowest BCUT2D eigenvalue weighted by Crippen LogP contribution is -2.34. The van der Waals surface area contributed by atoms with Crippen molar-refractivity contribution in [1.29, 1.82) is 0 Å². The first-order valence-corrected chi connectivity index (χ1v) is 11.1. The molecule has 0 radical (unpaired) electrons. The van der Waals surface area contributed by atoms with Crippen LogP contribution in [0.3, 0.4) is 0 Å². The fourth-order valence-electron chi connectivity index (χ4n) is 4.42. The highest BCUT2D eigenvalue weighted by Gasteiger charge is 2.25. The van der Waals surface area contributed by atoms with E-state index in [0.29, 0.717) is 6.04 Å². The second-order valence-electron chi connectivity index (χ2n) is 8.62. The SMILES string of the molecule is CC(C)N(CCCc1ccc(C2CCCCC2F)cc1)CCc1ccccc1. The molecule has 0 heterocycles. The van der Waals surface area contributed by atoms with Crippen LogP contribution in [0.4, 0.5) is 4.39 Å². The van der Waals surface area contributed by atoms with Crippen LogP contribution in [0, 0.1) is 0 Å². The van der Waals surface area contributed by atoms with Gasteiger partial charge in [0, 0.05) is 18.5 Å². The maximum Gasteiger partial charge on any atom is 0.107 e. The zero-order valence-electron chi connectivity index (χ0n) is 17.6. The Morgan fingerprint density at radius 1 is 0.857 bits per heavy atom. The van der Waals surface area contributed by atoms with Crippen LogP contribution in [0.2, 0.25) is 0 Å². The van der Waals surface area contributed by atoms with Crippen molar-refractivity contribution in [2.45, 2.75) is 76.9 Å². The van der Waals surface area contributed by atoms with Gasteiger partial charge in [-0.25, -0.2) is 4.39 Å². The molecule has 3 rings (SSSR count). The van der Waals surface area contributed by atoms with Crippen LogP contribution in [-0.2, 0) is 12.8 Å². The maximum absolute atomic E-state index is 14.2. The van der Waals surface area contributed by atoms with E-state index in [1.54, 1.807) is 0 Å². The Balaban J connectivity index is 1.46. The highest BCUT2D eigenvalue weighted by Crippen LogP contribution is 2.35. The van der Waals surface area contributed by atoms with Gasteiger partial charge in [0.25, 0.3) is 0 Å². The maximum atomic E-state index is 14.2. The molecule has 2 atom stereocenters. The molecule has 28 heavy (non-hydrogen) atoms. The van der Waals surface area contributed by atoms with Gasteiger partial charge >= 0.3 is 0 Å². The number of rotatable bonds is 9. The molecule has 0 bridgehead atoms. The van der Waals surface area contributed by atoms with E-state index in [0.717, 1.165) is 45.2 Å². The summed E-state index contributed by atoms with van der Waals surface area (Å²) in [4.78, 5) is 2.58. The third-order valence-electron chi connectivity index (χ3n) is 6.26. The predicted octanol–water partition coefficient (Wildman–Crippen LogP) is 6.57. The fourth-order valence-corrected chi connectivity index (χ4v) is 4.42. The molecule has 1 aliphatic carbocycles. The van der Waals surface area contributed by atoms with E-state index in [4.69, 9.17) is 0 Å². The van der Waals surface area contributed by atoms with Gasteiger partial charge in [-0.1, -0.05) is 67.4 Å². The van der Waals surface area contributed by atoms with Gasteiger partial charge in [0.1, 0.15) is 6.17 Å². The number of benzene rings is 2. The second-order valence-corrected chi connectivity index (χ2v) is 8.62. The van der Waals surface area contributed by atoms with E-state index in [2.05, 4.69) is 73.3 Å². The molecule has 0 aliphatic heterocycles. The minimum atomic E-state index is -0.649. The van der Waals surface area contributed by atoms with Crippen molar-refractivity contribution in [1.82, 2.24) is 4.90 Å². The summed E-state index contributed by atoms with van der Waals surface area (Å²) in [5.41, 5.74) is 3.99. The zero-order chi connectivity index (χ0) is 19.8. The standard InChI is InChI=1S/C26H36FN/c1-21(2)28(20-18-22-9-4-3-5-10-22)19-8-11-23-14-16-24(17-15-23)25-12-6-7-13-26(25)27/h3-5,9-10,14-17,21,25-26H,6-8,11-13,18-20H2,1-2H3. The van der Waals surface area contributed by atoms with Gasteiger partial charge < -0.3 is 4.90 Å². The first kappa shape index (κ1) is 21.0. The first-order chi connectivity index (χ1) is 13.6. The van der Waals surface area contributed by atoms with Gasteiger partial charge in [0.15, 0.2) is 0 Å². The Morgan fingerprint density at radius 3 is 2.21 bits per heavy atom. The van der Waals surface area contributed by atoms with Gasteiger partial charge in [-0.05, 0) is 69.2 Å². The lowest BCUT2D eigenvalue weighted by atomic mass is 9.82. The molecule has 1 fully saturated rings. The Bertz CT molecular complexity index is 679. The minimum absolute atomic E-state index is 0.122. The summed E-state index contributed by atoms with van der Waals surface area (Å²) in [6.45, 7) is 6.82. The molecule has 0 spiro atoms. The summed E-state index contributed by atoms with van der Waals surface area (Å²) >= 11 is 0. The van der Waals surface area contributed by atoms with E-state index in [1.807, 2.05) is 0 Å². The van der Waals surface area contributed by atoms with Gasteiger partial charge in [-0.3, -0.25) is 0 Å². The molecular weight excluding hydrogens is 345 g/mol. The van der Waals surface area contributed by atoms with Gasteiger partial charge in [-0.15, -0.1) is 0 Å². The zero-order valence-corrected chi connectivity index (χ0v) is 17.6. The van der Waals surface area contributed by atoms with Crippen LogP contribution in [0.5, 0.6) is 0 Å². The fraction of sp³-hybridized carbons (Fsp3) is 0.538. The smallest absolute Gasteiger partial charge is 0.107 e. The normalized spacial score (nSPS) is 20.0. The third-order valence-corrected chi connectivity index (χ3v) is 6.26. The lowest BCUT2D eigenvalue weighted by molar-refractivity contribution is 0.216. The van der Waals surface area contributed by atoms with Gasteiger partial charge in [0.05, 0.1) is 0 Å².